The zero-order chi connectivity index (χ0) is 23.8. The van der Waals surface area contributed by atoms with Crippen molar-refractivity contribution in [3.63, 3.8) is 0 Å². The molecule has 0 spiro atoms. The maximum absolute atomic E-state index is 12.7. The Labute approximate surface area is 203 Å². The van der Waals surface area contributed by atoms with Crippen LogP contribution in [0.4, 0.5) is 5.69 Å². The van der Waals surface area contributed by atoms with Crippen molar-refractivity contribution >= 4 is 11.6 Å². The van der Waals surface area contributed by atoms with Gasteiger partial charge in [0.1, 0.15) is 0 Å². The Morgan fingerprint density at radius 1 is 0.971 bits per heavy atom. The maximum Gasteiger partial charge on any atom is 0.251 e. The first-order valence-corrected chi connectivity index (χ1v) is 12.2. The molecule has 0 saturated carbocycles. The van der Waals surface area contributed by atoms with E-state index in [4.69, 9.17) is 0 Å². The normalized spacial score (nSPS) is 15.3. The van der Waals surface area contributed by atoms with Crippen LogP contribution in [0.2, 0.25) is 0 Å². The molecule has 1 unspecified atom stereocenters. The van der Waals surface area contributed by atoms with Gasteiger partial charge in [0.25, 0.3) is 5.91 Å². The van der Waals surface area contributed by atoms with Gasteiger partial charge in [0.15, 0.2) is 0 Å². The van der Waals surface area contributed by atoms with Gasteiger partial charge in [-0.25, -0.2) is 0 Å². The molecule has 0 radical (unpaired) electrons. The molecule has 5 heteroatoms. The van der Waals surface area contributed by atoms with Crippen LogP contribution < -0.4 is 10.2 Å². The summed E-state index contributed by atoms with van der Waals surface area (Å²) in [5.41, 5.74) is 4.22. The fourth-order valence-corrected chi connectivity index (χ4v) is 4.75. The van der Waals surface area contributed by atoms with Gasteiger partial charge >= 0.3 is 0 Å². The highest BCUT2D eigenvalue weighted by atomic mass is 16.3. The van der Waals surface area contributed by atoms with Crippen LogP contribution in [0, 0.1) is 0 Å². The van der Waals surface area contributed by atoms with E-state index in [1.807, 2.05) is 55.5 Å². The molecule has 4 rings (SSSR count). The van der Waals surface area contributed by atoms with Crippen molar-refractivity contribution in [2.24, 2.45) is 0 Å². The first-order valence-electron chi connectivity index (χ1n) is 12.2. The summed E-state index contributed by atoms with van der Waals surface area (Å²) in [5.74, 6) is -0.0535. The quantitative estimate of drug-likeness (QED) is 0.492. The van der Waals surface area contributed by atoms with Gasteiger partial charge in [0.05, 0.1) is 12.6 Å². The number of hydrogen-bond donors (Lipinski definition) is 2. The average Bonchev–Trinajstić information content (AvgIpc) is 2.90. The minimum atomic E-state index is -0.0535. The molecule has 0 aromatic heterocycles. The Morgan fingerprint density at radius 3 is 2.21 bits per heavy atom. The lowest BCUT2D eigenvalue weighted by atomic mass is 10.0. The number of rotatable bonds is 9. The third kappa shape index (κ3) is 6.25. The van der Waals surface area contributed by atoms with Gasteiger partial charge in [-0.2, -0.15) is 0 Å². The highest BCUT2D eigenvalue weighted by molar-refractivity contribution is 5.94. The molecule has 5 nitrogen and oxygen atoms in total. The maximum atomic E-state index is 12.7. The Morgan fingerprint density at radius 2 is 1.59 bits per heavy atom. The molecule has 2 N–H and O–H groups in total. The second-order valence-corrected chi connectivity index (χ2v) is 9.05. The second kappa shape index (κ2) is 11.8. The number of amides is 1. The zero-order valence-electron chi connectivity index (χ0n) is 19.9. The smallest absolute Gasteiger partial charge is 0.251 e. The fourth-order valence-electron chi connectivity index (χ4n) is 4.75. The van der Waals surface area contributed by atoms with E-state index in [0.29, 0.717) is 18.2 Å². The SMILES string of the molecule is CC(NC(=O)c1ccc(N2CCC(N(CCO)Cc3ccccc3)CC2)cc1)c1ccccc1. The molecule has 1 saturated heterocycles. The van der Waals surface area contributed by atoms with Gasteiger partial charge < -0.3 is 15.3 Å². The van der Waals surface area contributed by atoms with Gasteiger partial charge in [-0.15, -0.1) is 0 Å². The minimum absolute atomic E-state index is 0.0369. The van der Waals surface area contributed by atoms with E-state index in [2.05, 4.69) is 51.5 Å². The van der Waals surface area contributed by atoms with Crippen LogP contribution in [0.25, 0.3) is 0 Å². The molecule has 1 heterocycles. The van der Waals surface area contributed by atoms with E-state index in [1.165, 1.54) is 5.56 Å². The minimum Gasteiger partial charge on any atom is -0.395 e. The van der Waals surface area contributed by atoms with Gasteiger partial charge in [-0.1, -0.05) is 60.7 Å². The van der Waals surface area contributed by atoms with Crippen LogP contribution in [0.15, 0.2) is 84.9 Å². The van der Waals surface area contributed by atoms with Gasteiger partial charge in [-0.05, 0) is 55.2 Å². The number of aliphatic hydroxyl groups is 1. The molecule has 1 fully saturated rings. The number of nitrogens with zero attached hydrogens (tertiary/aromatic N) is 2. The van der Waals surface area contributed by atoms with Crippen LogP contribution in [-0.2, 0) is 6.54 Å². The van der Waals surface area contributed by atoms with E-state index in [1.54, 1.807) is 0 Å². The van der Waals surface area contributed by atoms with E-state index in [-0.39, 0.29) is 18.6 Å². The van der Waals surface area contributed by atoms with Crippen LogP contribution in [0.1, 0.15) is 47.3 Å². The molecule has 178 valence electrons. The first-order chi connectivity index (χ1) is 16.6. The number of piperidine rings is 1. The molecular formula is C29H35N3O2. The van der Waals surface area contributed by atoms with E-state index in [0.717, 1.165) is 43.7 Å². The Kier molecular flexibility index (Phi) is 8.34. The van der Waals surface area contributed by atoms with E-state index < -0.39 is 0 Å². The number of benzene rings is 3. The summed E-state index contributed by atoms with van der Waals surface area (Å²) in [7, 11) is 0. The predicted molar refractivity (Wildman–Crippen MR) is 138 cm³/mol. The Bertz CT molecular complexity index is 1020. The molecular weight excluding hydrogens is 422 g/mol. The topological polar surface area (TPSA) is 55.8 Å². The summed E-state index contributed by atoms with van der Waals surface area (Å²) in [6, 6.07) is 28.9. The van der Waals surface area contributed by atoms with Crippen LogP contribution >= 0.6 is 0 Å². The van der Waals surface area contributed by atoms with Crippen molar-refractivity contribution < 1.29 is 9.90 Å². The van der Waals surface area contributed by atoms with Crippen molar-refractivity contribution in [1.82, 2.24) is 10.2 Å². The van der Waals surface area contributed by atoms with Crippen LogP contribution in [0.3, 0.4) is 0 Å². The van der Waals surface area contributed by atoms with Gasteiger partial charge in [0.2, 0.25) is 0 Å². The van der Waals surface area contributed by atoms with Crippen molar-refractivity contribution in [2.75, 3.05) is 31.1 Å². The molecule has 0 bridgehead atoms. The Balaban J connectivity index is 1.31. The molecule has 34 heavy (non-hydrogen) atoms. The summed E-state index contributed by atoms with van der Waals surface area (Å²) in [5, 5.41) is 12.7. The summed E-state index contributed by atoms with van der Waals surface area (Å²) in [4.78, 5) is 17.5. The van der Waals surface area contributed by atoms with Gasteiger partial charge in [0, 0.05) is 43.5 Å². The number of nitrogens with one attached hydrogen (secondary N) is 1. The zero-order valence-corrected chi connectivity index (χ0v) is 19.9. The van der Waals surface area contributed by atoms with E-state index >= 15 is 0 Å². The van der Waals surface area contributed by atoms with Gasteiger partial charge in [-0.3, -0.25) is 9.69 Å². The van der Waals surface area contributed by atoms with Crippen molar-refractivity contribution in [2.45, 2.75) is 38.4 Å². The lowest BCUT2D eigenvalue weighted by Gasteiger charge is -2.39. The fraction of sp³-hybridized carbons (Fsp3) is 0.345. The third-order valence-electron chi connectivity index (χ3n) is 6.74. The summed E-state index contributed by atoms with van der Waals surface area (Å²) >= 11 is 0. The van der Waals surface area contributed by atoms with Crippen LogP contribution in [0.5, 0.6) is 0 Å². The molecule has 3 aromatic rings. The summed E-state index contributed by atoms with van der Waals surface area (Å²) < 4.78 is 0. The standard InChI is InChI=1S/C29H35N3O2/c1-23(25-10-6-3-7-11-25)30-29(34)26-12-14-27(15-13-26)31-18-16-28(17-19-31)32(20-21-33)22-24-8-4-2-5-9-24/h2-15,23,28,33H,16-22H2,1H3,(H,30,34). The summed E-state index contributed by atoms with van der Waals surface area (Å²) in [6.45, 7) is 5.70. The highest BCUT2D eigenvalue weighted by Gasteiger charge is 2.25. The van der Waals surface area contributed by atoms with Crippen LogP contribution in [-0.4, -0.2) is 48.2 Å². The molecule has 1 aliphatic rings. The monoisotopic (exact) mass is 457 g/mol. The lowest BCUT2D eigenvalue weighted by molar-refractivity contribution is 0.0940. The first kappa shape index (κ1) is 24.0. The third-order valence-corrected chi connectivity index (χ3v) is 6.74. The largest absolute Gasteiger partial charge is 0.395 e. The predicted octanol–water partition coefficient (Wildman–Crippen LogP) is 4.64. The molecule has 1 atom stereocenters. The number of aliphatic hydroxyl groups excluding tert-OH is 1. The number of carbonyl (C=O) groups is 1. The Hall–Kier alpha value is -3.15. The molecule has 3 aromatic carbocycles. The summed E-state index contributed by atoms with van der Waals surface area (Å²) in [6.07, 6.45) is 2.12. The second-order valence-electron chi connectivity index (χ2n) is 9.05. The average molecular weight is 458 g/mol. The highest BCUT2D eigenvalue weighted by Crippen LogP contribution is 2.24. The van der Waals surface area contributed by atoms with Crippen molar-refractivity contribution in [3.05, 3.63) is 102 Å². The van der Waals surface area contributed by atoms with E-state index in [9.17, 15) is 9.90 Å². The number of hydrogen-bond acceptors (Lipinski definition) is 4. The number of carbonyl (C=O) groups excluding carboxylic acids is 1. The molecule has 1 aliphatic heterocycles. The lowest BCUT2D eigenvalue weighted by Crippen LogP contribution is -2.45. The molecule has 1 amide bonds. The number of anilines is 1. The van der Waals surface area contributed by atoms with Crippen molar-refractivity contribution in [1.29, 1.82) is 0 Å². The molecule has 0 aliphatic carbocycles. The van der Waals surface area contributed by atoms with Crippen molar-refractivity contribution in [3.8, 4) is 0 Å².